The van der Waals surface area contributed by atoms with E-state index in [1.165, 1.54) is 11.8 Å². The second-order valence-electron chi connectivity index (χ2n) is 3.33. The van der Waals surface area contributed by atoms with Crippen LogP contribution in [0.1, 0.15) is 13.3 Å². The first kappa shape index (κ1) is 13.2. The number of nitrogen functional groups attached to an aromatic ring is 1. The van der Waals surface area contributed by atoms with Gasteiger partial charge < -0.3 is 11.1 Å². The number of rotatable bonds is 5. The van der Waals surface area contributed by atoms with Crippen LogP contribution in [0.4, 0.5) is 5.69 Å². The Balaban J connectivity index is 2.47. The Labute approximate surface area is 105 Å². The lowest BCUT2D eigenvalue weighted by atomic mass is 10.3. The number of thioether (sulfide) groups is 1. The first-order chi connectivity index (χ1) is 7.63. The van der Waals surface area contributed by atoms with Gasteiger partial charge in [0, 0.05) is 17.1 Å². The number of amides is 1. The summed E-state index contributed by atoms with van der Waals surface area (Å²) in [5.41, 5.74) is 6.30. The quantitative estimate of drug-likeness (QED) is 0.630. The second-order valence-corrected chi connectivity index (χ2v) is 4.75. The number of nitrogens with two attached hydrogens (primary N) is 1. The van der Waals surface area contributed by atoms with Crippen molar-refractivity contribution in [2.75, 3.05) is 18.0 Å². The summed E-state index contributed by atoms with van der Waals surface area (Å²) in [6.07, 6.45) is 0.940. The molecule has 0 saturated heterocycles. The minimum absolute atomic E-state index is 0.0188. The first-order valence-corrected chi connectivity index (χ1v) is 6.44. The summed E-state index contributed by atoms with van der Waals surface area (Å²) < 4.78 is 0. The molecule has 1 aromatic rings. The fraction of sp³-hybridized carbons (Fsp3) is 0.364. The SMILES string of the molecule is CCCNC(=O)CSc1cc(N)ccc1Cl. The first-order valence-electron chi connectivity index (χ1n) is 5.08. The molecule has 0 fully saturated rings. The predicted molar refractivity (Wildman–Crippen MR) is 69.9 cm³/mol. The Bertz CT molecular complexity index is 371. The predicted octanol–water partition coefficient (Wildman–Crippen LogP) is 2.54. The molecule has 1 rings (SSSR count). The Kier molecular flexibility index (Phi) is 5.49. The molecule has 0 aromatic heterocycles. The van der Waals surface area contributed by atoms with Gasteiger partial charge in [-0.05, 0) is 24.6 Å². The van der Waals surface area contributed by atoms with E-state index in [0.717, 1.165) is 11.3 Å². The summed E-state index contributed by atoms with van der Waals surface area (Å²) in [6, 6.07) is 5.26. The molecule has 1 aromatic carbocycles. The zero-order valence-corrected chi connectivity index (χ0v) is 10.7. The van der Waals surface area contributed by atoms with Gasteiger partial charge in [-0.15, -0.1) is 11.8 Å². The van der Waals surface area contributed by atoms with E-state index in [-0.39, 0.29) is 5.91 Å². The Morgan fingerprint density at radius 1 is 1.56 bits per heavy atom. The molecule has 0 spiro atoms. The van der Waals surface area contributed by atoms with Crippen molar-refractivity contribution >= 4 is 35.0 Å². The van der Waals surface area contributed by atoms with Crippen molar-refractivity contribution < 1.29 is 4.79 Å². The lowest BCUT2D eigenvalue weighted by Gasteiger charge is -2.05. The van der Waals surface area contributed by atoms with E-state index in [9.17, 15) is 4.79 Å². The summed E-state index contributed by atoms with van der Waals surface area (Å²) in [5, 5.41) is 3.43. The third kappa shape index (κ3) is 4.33. The van der Waals surface area contributed by atoms with Gasteiger partial charge in [-0.3, -0.25) is 4.79 Å². The minimum atomic E-state index is 0.0188. The number of halogens is 1. The third-order valence-electron chi connectivity index (χ3n) is 1.89. The van der Waals surface area contributed by atoms with Gasteiger partial charge in [0.1, 0.15) is 0 Å². The highest BCUT2D eigenvalue weighted by Gasteiger charge is 2.05. The normalized spacial score (nSPS) is 10.1. The monoisotopic (exact) mass is 258 g/mol. The Hall–Kier alpha value is -0.870. The second kappa shape index (κ2) is 6.66. The zero-order valence-electron chi connectivity index (χ0n) is 9.13. The smallest absolute Gasteiger partial charge is 0.230 e. The number of anilines is 1. The maximum atomic E-state index is 11.4. The van der Waals surface area contributed by atoms with Gasteiger partial charge in [-0.25, -0.2) is 0 Å². The maximum absolute atomic E-state index is 11.4. The van der Waals surface area contributed by atoms with Gasteiger partial charge in [0.15, 0.2) is 0 Å². The average Bonchev–Trinajstić information content (AvgIpc) is 2.27. The van der Waals surface area contributed by atoms with Crippen LogP contribution < -0.4 is 11.1 Å². The number of carbonyl (C=O) groups is 1. The fourth-order valence-electron chi connectivity index (χ4n) is 1.09. The number of benzene rings is 1. The van der Waals surface area contributed by atoms with E-state index < -0.39 is 0 Å². The van der Waals surface area contributed by atoms with Crippen LogP contribution in [0, 0.1) is 0 Å². The topological polar surface area (TPSA) is 55.1 Å². The molecule has 3 nitrogen and oxygen atoms in total. The molecule has 0 aliphatic carbocycles. The van der Waals surface area contributed by atoms with Crippen LogP contribution in [-0.4, -0.2) is 18.2 Å². The van der Waals surface area contributed by atoms with E-state index >= 15 is 0 Å². The van der Waals surface area contributed by atoms with E-state index in [1.54, 1.807) is 18.2 Å². The van der Waals surface area contributed by atoms with Crippen molar-refractivity contribution in [1.82, 2.24) is 5.32 Å². The molecular weight excluding hydrogens is 244 g/mol. The summed E-state index contributed by atoms with van der Waals surface area (Å²) >= 11 is 7.37. The molecule has 5 heteroatoms. The van der Waals surface area contributed by atoms with Gasteiger partial charge >= 0.3 is 0 Å². The fourth-order valence-corrected chi connectivity index (χ4v) is 2.18. The van der Waals surface area contributed by atoms with E-state index in [2.05, 4.69) is 5.32 Å². The zero-order chi connectivity index (χ0) is 12.0. The number of hydrogen-bond donors (Lipinski definition) is 2. The van der Waals surface area contributed by atoms with Crippen LogP contribution >= 0.6 is 23.4 Å². The van der Waals surface area contributed by atoms with E-state index in [4.69, 9.17) is 17.3 Å². The van der Waals surface area contributed by atoms with Gasteiger partial charge in [0.05, 0.1) is 10.8 Å². The van der Waals surface area contributed by atoms with Crippen molar-refractivity contribution in [3.63, 3.8) is 0 Å². The van der Waals surface area contributed by atoms with Crippen molar-refractivity contribution in [3.05, 3.63) is 23.2 Å². The summed E-state index contributed by atoms with van der Waals surface area (Å²) in [4.78, 5) is 12.2. The molecular formula is C11H15ClN2OS. The van der Waals surface area contributed by atoms with Crippen molar-refractivity contribution in [2.45, 2.75) is 18.2 Å². The standard InChI is InChI=1S/C11H15ClN2OS/c1-2-5-14-11(15)7-16-10-6-8(13)3-4-9(10)12/h3-4,6H,2,5,7,13H2,1H3,(H,14,15). The minimum Gasteiger partial charge on any atom is -0.399 e. The maximum Gasteiger partial charge on any atom is 0.230 e. The molecule has 0 radical (unpaired) electrons. The molecule has 0 saturated carbocycles. The highest BCUT2D eigenvalue weighted by atomic mass is 35.5. The van der Waals surface area contributed by atoms with Gasteiger partial charge in [-0.2, -0.15) is 0 Å². The molecule has 16 heavy (non-hydrogen) atoms. The van der Waals surface area contributed by atoms with Gasteiger partial charge in [0.2, 0.25) is 5.91 Å². The van der Waals surface area contributed by atoms with Crippen molar-refractivity contribution in [3.8, 4) is 0 Å². The van der Waals surface area contributed by atoms with Crippen LogP contribution in [0.25, 0.3) is 0 Å². The third-order valence-corrected chi connectivity index (χ3v) is 3.38. The van der Waals surface area contributed by atoms with Gasteiger partial charge in [0.25, 0.3) is 0 Å². The highest BCUT2D eigenvalue weighted by Crippen LogP contribution is 2.28. The molecule has 0 bridgehead atoms. The molecule has 1 amide bonds. The summed E-state index contributed by atoms with van der Waals surface area (Å²) in [5.74, 6) is 0.383. The van der Waals surface area contributed by atoms with Crippen LogP contribution in [0.2, 0.25) is 5.02 Å². The molecule has 0 heterocycles. The van der Waals surface area contributed by atoms with Crippen LogP contribution in [0.15, 0.2) is 23.1 Å². The van der Waals surface area contributed by atoms with Gasteiger partial charge in [-0.1, -0.05) is 18.5 Å². The Morgan fingerprint density at radius 3 is 3.00 bits per heavy atom. The number of carbonyl (C=O) groups excluding carboxylic acids is 1. The number of nitrogens with one attached hydrogen (secondary N) is 1. The van der Waals surface area contributed by atoms with E-state index in [0.29, 0.717) is 23.0 Å². The lowest BCUT2D eigenvalue weighted by Crippen LogP contribution is -2.25. The molecule has 0 aliphatic heterocycles. The molecule has 88 valence electrons. The summed E-state index contributed by atoms with van der Waals surface area (Å²) in [6.45, 7) is 2.73. The number of hydrogen-bond acceptors (Lipinski definition) is 3. The van der Waals surface area contributed by atoms with Crippen molar-refractivity contribution in [1.29, 1.82) is 0 Å². The molecule has 0 aliphatic rings. The van der Waals surface area contributed by atoms with Crippen molar-refractivity contribution in [2.24, 2.45) is 0 Å². The highest BCUT2D eigenvalue weighted by molar-refractivity contribution is 8.00. The molecule has 3 N–H and O–H groups in total. The van der Waals surface area contributed by atoms with Crippen LogP contribution in [0.5, 0.6) is 0 Å². The largest absolute Gasteiger partial charge is 0.399 e. The molecule has 0 unspecified atom stereocenters. The Morgan fingerprint density at radius 2 is 2.31 bits per heavy atom. The molecule has 0 atom stereocenters. The van der Waals surface area contributed by atoms with Crippen LogP contribution in [-0.2, 0) is 4.79 Å². The van der Waals surface area contributed by atoms with E-state index in [1.807, 2.05) is 6.92 Å². The lowest BCUT2D eigenvalue weighted by molar-refractivity contribution is -0.118. The summed E-state index contributed by atoms with van der Waals surface area (Å²) in [7, 11) is 0. The average molecular weight is 259 g/mol. The van der Waals surface area contributed by atoms with Crippen LogP contribution in [0.3, 0.4) is 0 Å².